The Morgan fingerprint density at radius 1 is 1.47 bits per heavy atom. The second-order valence-electron chi connectivity index (χ2n) is 5.00. The van der Waals surface area contributed by atoms with Crippen LogP contribution in [0, 0.1) is 11.8 Å². The van der Waals surface area contributed by atoms with Crippen LogP contribution < -0.4 is 5.73 Å². The maximum Gasteiger partial charge on any atom is 0.228 e. The van der Waals surface area contributed by atoms with Crippen LogP contribution in [0.15, 0.2) is 0 Å². The monoisotopic (exact) mass is 256 g/mol. The summed E-state index contributed by atoms with van der Waals surface area (Å²) in [6.07, 6.45) is 2.90. The number of likely N-dealkylation sites (tertiary alicyclic amines) is 1. The minimum atomic E-state index is 0.0279. The van der Waals surface area contributed by atoms with E-state index in [1.165, 1.54) is 0 Å². The Kier molecular flexibility index (Phi) is 3.99. The molecule has 0 radical (unpaired) electrons. The van der Waals surface area contributed by atoms with Gasteiger partial charge in [-0.1, -0.05) is 12.2 Å². The summed E-state index contributed by atoms with van der Waals surface area (Å²) in [6.45, 7) is 4.20. The van der Waals surface area contributed by atoms with Crippen LogP contribution in [0.4, 0.5) is 0 Å². The number of carbonyl (C=O) groups is 1. The number of carbonyl (C=O) groups excluding carboxylic acids is 1. The summed E-state index contributed by atoms with van der Waals surface area (Å²) >= 11 is 5.03. The Morgan fingerprint density at radius 3 is 2.82 bits per heavy atom. The summed E-state index contributed by atoms with van der Waals surface area (Å²) in [6, 6.07) is 0. The maximum atomic E-state index is 12.3. The molecule has 5 heteroatoms. The number of amides is 1. The summed E-state index contributed by atoms with van der Waals surface area (Å²) in [4.78, 5) is 14.8. The molecule has 0 aromatic carbocycles. The first-order valence-corrected chi connectivity index (χ1v) is 6.70. The molecule has 3 atom stereocenters. The van der Waals surface area contributed by atoms with Gasteiger partial charge in [-0.3, -0.25) is 4.79 Å². The number of piperidine rings is 1. The first-order valence-electron chi connectivity index (χ1n) is 6.29. The molecule has 2 rings (SSSR count). The normalized spacial score (nSPS) is 33.7. The lowest BCUT2D eigenvalue weighted by Crippen LogP contribution is -2.46. The molecular weight excluding hydrogens is 236 g/mol. The quantitative estimate of drug-likeness (QED) is 0.747. The second-order valence-corrected chi connectivity index (χ2v) is 5.47. The fraction of sp³-hybridized carbons (Fsp3) is 0.833. The van der Waals surface area contributed by atoms with E-state index in [9.17, 15) is 4.79 Å². The summed E-state index contributed by atoms with van der Waals surface area (Å²) in [7, 11) is 0. The van der Waals surface area contributed by atoms with Gasteiger partial charge in [0.15, 0.2) is 0 Å². The van der Waals surface area contributed by atoms with Gasteiger partial charge < -0.3 is 15.4 Å². The van der Waals surface area contributed by atoms with Crippen LogP contribution in [-0.2, 0) is 9.53 Å². The molecule has 2 N–H and O–H groups in total. The Bertz CT molecular complexity index is 322. The van der Waals surface area contributed by atoms with E-state index in [4.69, 9.17) is 22.7 Å². The fourth-order valence-corrected chi connectivity index (χ4v) is 2.89. The van der Waals surface area contributed by atoms with Crippen LogP contribution in [0.1, 0.15) is 26.2 Å². The van der Waals surface area contributed by atoms with E-state index in [2.05, 4.69) is 0 Å². The third-order valence-corrected chi connectivity index (χ3v) is 4.16. The van der Waals surface area contributed by atoms with Crippen LogP contribution in [0.3, 0.4) is 0 Å². The third kappa shape index (κ3) is 2.77. The highest BCUT2D eigenvalue weighted by Gasteiger charge is 2.35. The predicted octanol–water partition coefficient (Wildman–Crippen LogP) is 0.936. The van der Waals surface area contributed by atoms with Crippen molar-refractivity contribution in [3.8, 4) is 0 Å². The molecule has 2 heterocycles. The van der Waals surface area contributed by atoms with E-state index in [1.54, 1.807) is 0 Å². The first-order chi connectivity index (χ1) is 8.09. The van der Waals surface area contributed by atoms with Crippen molar-refractivity contribution in [2.24, 2.45) is 17.6 Å². The van der Waals surface area contributed by atoms with Crippen molar-refractivity contribution in [2.75, 3.05) is 19.7 Å². The van der Waals surface area contributed by atoms with Gasteiger partial charge >= 0.3 is 0 Å². The number of ether oxygens (including phenoxy) is 1. The average Bonchev–Trinajstić information content (AvgIpc) is 2.74. The molecule has 0 bridgehead atoms. The largest absolute Gasteiger partial charge is 0.393 e. The average molecular weight is 256 g/mol. The van der Waals surface area contributed by atoms with E-state index < -0.39 is 0 Å². The molecule has 4 nitrogen and oxygen atoms in total. The molecule has 0 aromatic rings. The lowest BCUT2D eigenvalue weighted by Gasteiger charge is -2.34. The predicted molar refractivity (Wildman–Crippen MR) is 69.6 cm³/mol. The van der Waals surface area contributed by atoms with E-state index in [1.807, 2.05) is 11.8 Å². The van der Waals surface area contributed by atoms with E-state index >= 15 is 0 Å². The smallest absolute Gasteiger partial charge is 0.228 e. The number of nitrogens with two attached hydrogens (primary N) is 1. The Morgan fingerprint density at radius 2 is 2.24 bits per heavy atom. The Balaban J connectivity index is 1.97. The van der Waals surface area contributed by atoms with Crippen molar-refractivity contribution in [1.29, 1.82) is 0 Å². The van der Waals surface area contributed by atoms with Crippen LogP contribution >= 0.6 is 12.2 Å². The first kappa shape index (κ1) is 12.8. The lowest BCUT2D eigenvalue weighted by molar-refractivity contribution is -0.138. The lowest BCUT2D eigenvalue weighted by atomic mass is 9.95. The number of hydrogen-bond donors (Lipinski definition) is 1. The molecule has 0 aromatic heterocycles. The zero-order chi connectivity index (χ0) is 12.4. The molecule has 96 valence electrons. The summed E-state index contributed by atoms with van der Waals surface area (Å²) in [5.74, 6) is 0.441. The molecule has 2 aliphatic rings. The summed E-state index contributed by atoms with van der Waals surface area (Å²) in [5.41, 5.74) is 5.68. The van der Waals surface area contributed by atoms with E-state index in [-0.39, 0.29) is 23.8 Å². The highest BCUT2D eigenvalue weighted by molar-refractivity contribution is 7.80. The van der Waals surface area contributed by atoms with Crippen LogP contribution in [0.2, 0.25) is 0 Å². The van der Waals surface area contributed by atoms with Gasteiger partial charge in [-0.25, -0.2) is 0 Å². The SMILES string of the molecule is CC1OCCC1C(=O)N1CCCC(C(N)=S)C1. The minimum absolute atomic E-state index is 0.0279. The molecule has 3 unspecified atom stereocenters. The number of hydrogen-bond acceptors (Lipinski definition) is 3. The van der Waals surface area contributed by atoms with Crippen molar-refractivity contribution in [3.63, 3.8) is 0 Å². The standard InChI is InChI=1S/C12H20N2O2S/c1-8-10(4-6-16-8)12(15)14-5-2-3-9(7-14)11(13)17/h8-10H,2-7H2,1H3,(H2,13,17). The van der Waals surface area contributed by atoms with Crippen molar-refractivity contribution < 1.29 is 9.53 Å². The van der Waals surface area contributed by atoms with Gasteiger partial charge in [0, 0.05) is 25.6 Å². The highest BCUT2D eigenvalue weighted by atomic mass is 32.1. The fourth-order valence-electron chi connectivity index (χ4n) is 2.70. The molecule has 0 saturated carbocycles. The Labute approximate surface area is 107 Å². The minimum Gasteiger partial charge on any atom is -0.393 e. The summed E-state index contributed by atoms with van der Waals surface area (Å²) < 4.78 is 5.45. The van der Waals surface area contributed by atoms with Gasteiger partial charge in [0.25, 0.3) is 0 Å². The molecule has 0 spiro atoms. The van der Waals surface area contributed by atoms with Crippen molar-refractivity contribution in [1.82, 2.24) is 4.90 Å². The number of rotatable bonds is 2. The maximum absolute atomic E-state index is 12.3. The zero-order valence-corrected chi connectivity index (χ0v) is 11.0. The van der Waals surface area contributed by atoms with Gasteiger partial charge in [0.2, 0.25) is 5.91 Å². The molecule has 1 amide bonds. The molecule has 17 heavy (non-hydrogen) atoms. The Hall–Kier alpha value is -0.680. The zero-order valence-electron chi connectivity index (χ0n) is 10.2. The molecule has 2 saturated heterocycles. The molecule has 2 fully saturated rings. The van der Waals surface area contributed by atoms with Gasteiger partial charge in [-0.15, -0.1) is 0 Å². The number of nitrogens with zero attached hydrogens (tertiary/aromatic N) is 1. The van der Waals surface area contributed by atoms with Gasteiger partial charge in [0.1, 0.15) is 0 Å². The highest BCUT2D eigenvalue weighted by Crippen LogP contribution is 2.25. The number of thiocarbonyl (C=S) groups is 1. The van der Waals surface area contributed by atoms with Gasteiger partial charge in [0.05, 0.1) is 17.0 Å². The van der Waals surface area contributed by atoms with Crippen LogP contribution in [-0.4, -0.2) is 41.6 Å². The van der Waals surface area contributed by atoms with Crippen LogP contribution in [0.25, 0.3) is 0 Å². The topological polar surface area (TPSA) is 55.6 Å². The van der Waals surface area contributed by atoms with Gasteiger partial charge in [-0.05, 0) is 26.2 Å². The van der Waals surface area contributed by atoms with E-state index in [0.717, 1.165) is 25.8 Å². The van der Waals surface area contributed by atoms with Crippen molar-refractivity contribution in [3.05, 3.63) is 0 Å². The van der Waals surface area contributed by atoms with Crippen molar-refractivity contribution in [2.45, 2.75) is 32.3 Å². The van der Waals surface area contributed by atoms with Crippen LogP contribution in [0.5, 0.6) is 0 Å². The summed E-state index contributed by atoms with van der Waals surface area (Å²) in [5, 5.41) is 0. The molecule has 0 aliphatic carbocycles. The van der Waals surface area contributed by atoms with Gasteiger partial charge in [-0.2, -0.15) is 0 Å². The molecule has 2 aliphatic heterocycles. The second kappa shape index (κ2) is 5.31. The third-order valence-electron chi connectivity index (χ3n) is 3.83. The van der Waals surface area contributed by atoms with E-state index in [0.29, 0.717) is 18.1 Å². The molecular formula is C12H20N2O2S. The van der Waals surface area contributed by atoms with Crippen molar-refractivity contribution >= 4 is 23.1 Å².